The molecule has 73 heavy (non-hydrogen) atoms. The van der Waals surface area contributed by atoms with Gasteiger partial charge < -0.3 is 14.5 Å². The Morgan fingerprint density at radius 1 is 0.329 bits per heavy atom. The van der Waals surface area contributed by atoms with Crippen LogP contribution in [0.15, 0.2) is 255 Å². The van der Waals surface area contributed by atoms with Crippen molar-refractivity contribution in [3.63, 3.8) is 0 Å². The van der Waals surface area contributed by atoms with Crippen LogP contribution in [0, 0.1) is 18.2 Å². The molecule has 0 aliphatic heterocycles. The summed E-state index contributed by atoms with van der Waals surface area (Å²) in [6.07, 6.45) is 7.80. The first-order chi connectivity index (χ1) is 35.6. The van der Waals surface area contributed by atoms with Gasteiger partial charge in [0.05, 0.1) is 5.82 Å². The Balaban J connectivity index is 0.00000574. The second kappa shape index (κ2) is 20.8. The predicted octanol–water partition coefficient (Wildman–Crippen LogP) is 16.9. The maximum atomic E-state index is 5.14. The Labute approximate surface area is 440 Å². The second-order valence-corrected chi connectivity index (χ2v) is 17.8. The van der Waals surface area contributed by atoms with Gasteiger partial charge in [0.2, 0.25) is 0 Å². The molecule has 0 aliphatic rings. The molecule has 9 aromatic carbocycles. The SMILES string of the molecule is Cn1ccnc1-c1[c-]cc(-c2ccccc2-c2cc(-c3ccccc3-c3ccc(-c4[c-]cccc4)nc3)cc(-c3ccccc3-c3cnc(-c4[c-]cccc4)cc3-c3ccc(-c4ccccc4)cc3)c2)cc1.[Ir+3]. The molecule has 3 heterocycles. The number of pyridine rings is 2. The van der Waals surface area contributed by atoms with Gasteiger partial charge in [-0.05, 0) is 102 Å². The van der Waals surface area contributed by atoms with Gasteiger partial charge >= 0.3 is 20.1 Å². The van der Waals surface area contributed by atoms with Gasteiger partial charge in [-0.25, -0.2) is 0 Å². The summed E-state index contributed by atoms with van der Waals surface area (Å²) in [4.78, 5) is 14.7. The molecular weight excluding hydrogens is 1060 g/mol. The van der Waals surface area contributed by atoms with E-state index < -0.39 is 0 Å². The standard InChI is InChI=1S/C68H45N4.Ir/c1-72-40-39-69-68(72)53-35-33-49(34-36-53)58-23-11-13-25-60(58)55-41-56(61-26-14-12-24-59(61)54-37-38-66(70-45-54)51-19-7-3-8-20-51)43-57(42-55)62-27-15-16-28-63(62)65-46-71-67(52-21-9-4-10-22-52)44-64(65)50-31-29-48(30-32-50)47-17-5-2-6-18-47;/h2-19,21,23-35,37-46H,1H3;/q-3;+3. The molecule has 0 amide bonds. The number of aryl methyl sites for hydroxylation is 1. The number of nitrogens with zero attached hydrogens (tertiary/aromatic N) is 4. The average Bonchev–Trinajstić information content (AvgIpc) is 3.91. The molecule has 0 unspecified atom stereocenters. The second-order valence-electron chi connectivity index (χ2n) is 17.8. The number of rotatable bonds is 11. The largest absolute Gasteiger partial charge is 3.00 e. The molecule has 0 spiro atoms. The summed E-state index contributed by atoms with van der Waals surface area (Å²) in [5, 5.41) is 0. The summed E-state index contributed by atoms with van der Waals surface area (Å²) in [5.74, 6) is 0.878. The Kier molecular flexibility index (Phi) is 13.3. The van der Waals surface area contributed by atoms with Crippen molar-refractivity contribution in [1.29, 1.82) is 0 Å². The van der Waals surface area contributed by atoms with Crippen molar-refractivity contribution in [2.24, 2.45) is 7.05 Å². The van der Waals surface area contributed by atoms with Crippen LogP contribution in [-0.2, 0) is 27.2 Å². The van der Waals surface area contributed by atoms with Crippen molar-refractivity contribution in [1.82, 2.24) is 19.5 Å². The van der Waals surface area contributed by atoms with E-state index >= 15 is 0 Å². The van der Waals surface area contributed by atoms with E-state index in [-0.39, 0.29) is 20.1 Å². The van der Waals surface area contributed by atoms with Gasteiger partial charge in [0.1, 0.15) is 0 Å². The summed E-state index contributed by atoms with van der Waals surface area (Å²) in [6.45, 7) is 0. The van der Waals surface area contributed by atoms with E-state index in [0.717, 1.165) is 112 Å². The first-order valence-corrected chi connectivity index (χ1v) is 24.1. The Morgan fingerprint density at radius 2 is 0.822 bits per heavy atom. The number of benzene rings is 9. The van der Waals surface area contributed by atoms with Gasteiger partial charge in [0, 0.05) is 37.4 Å². The van der Waals surface area contributed by atoms with Crippen molar-refractivity contribution in [2.45, 2.75) is 0 Å². The van der Waals surface area contributed by atoms with Gasteiger partial charge in [-0.2, -0.15) is 0 Å². The zero-order valence-electron chi connectivity index (χ0n) is 39.9. The van der Waals surface area contributed by atoms with E-state index in [9.17, 15) is 0 Å². The summed E-state index contributed by atoms with van der Waals surface area (Å²) < 4.78 is 2.02. The number of imidazole rings is 1. The zero-order valence-corrected chi connectivity index (χ0v) is 42.3. The molecule has 3 aromatic heterocycles. The van der Waals surface area contributed by atoms with Gasteiger partial charge in [0.15, 0.2) is 0 Å². The van der Waals surface area contributed by atoms with Crippen LogP contribution in [0.3, 0.4) is 0 Å². The molecule has 346 valence electrons. The van der Waals surface area contributed by atoms with Crippen LogP contribution in [0.1, 0.15) is 0 Å². The molecule has 0 aliphatic carbocycles. The van der Waals surface area contributed by atoms with Crippen molar-refractivity contribution < 1.29 is 20.1 Å². The molecule has 0 fully saturated rings. The molecule has 0 atom stereocenters. The maximum absolute atomic E-state index is 5.14. The summed E-state index contributed by atoms with van der Waals surface area (Å²) >= 11 is 0. The fourth-order valence-corrected chi connectivity index (χ4v) is 9.74. The summed E-state index contributed by atoms with van der Waals surface area (Å²) in [6, 6.07) is 91.6. The van der Waals surface area contributed by atoms with Crippen molar-refractivity contribution in [3.8, 4) is 123 Å². The van der Waals surface area contributed by atoms with Crippen LogP contribution in [0.25, 0.3) is 123 Å². The van der Waals surface area contributed by atoms with Crippen LogP contribution < -0.4 is 0 Å². The molecule has 0 radical (unpaired) electrons. The van der Waals surface area contributed by atoms with Gasteiger partial charge in [0.25, 0.3) is 0 Å². The zero-order chi connectivity index (χ0) is 48.2. The number of aromatic nitrogens is 4. The molecule has 0 saturated carbocycles. The Morgan fingerprint density at radius 3 is 1.37 bits per heavy atom. The van der Waals surface area contributed by atoms with E-state index in [1.165, 1.54) is 11.1 Å². The molecular formula is C68H45IrN4. The van der Waals surface area contributed by atoms with E-state index in [4.69, 9.17) is 9.97 Å². The van der Waals surface area contributed by atoms with Crippen LogP contribution in [0.4, 0.5) is 0 Å². The van der Waals surface area contributed by atoms with Crippen molar-refractivity contribution in [3.05, 3.63) is 274 Å². The minimum absolute atomic E-state index is 0. The first kappa shape index (κ1) is 46.5. The summed E-state index contributed by atoms with van der Waals surface area (Å²) in [5.41, 5.74) is 22.2. The average molecular weight is 1110 g/mol. The molecule has 0 saturated heterocycles. The maximum Gasteiger partial charge on any atom is 3.00 e. The predicted molar refractivity (Wildman–Crippen MR) is 295 cm³/mol. The summed E-state index contributed by atoms with van der Waals surface area (Å²) in [7, 11) is 2.01. The molecule has 0 bridgehead atoms. The van der Waals surface area contributed by atoms with E-state index in [0.29, 0.717) is 0 Å². The van der Waals surface area contributed by atoms with Crippen LogP contribution in [0.2, 0.25) is 0 Å². The topological polar surface area (TPSA) is 43.6 Å². The minimum atomic E-state index is 0. The Hall–Kier alpha value is -8.86. The molecule has 4 nitrogen and oxygen atoms in total. The van der Waals surface area contributed by atoms with E-state index in [1.807, 2.05) is 78.9 Å². The van der Waals surface area contributed by atoms with Gasteiger partial charge in [-0.3, -0.25) is 4.98 Å². The third-order valence-corrected chi connectivity index (χ3v) is 13.4. The third kappa shape index (κ3) is 9.56. The van der Waals surface area contributed by atoms with Gasteiger partial charge in [-0.1, -0.05) is 157 Å². The molecule has 12 aromatic rings. The number of hydrogen-bond donors (Lipinski definition) is 0. The van der Waals surface area contributed by atoms with Crippen LogP contribution in [0.5, 0.6) is 0 Å². The van der Waals surface area contributed by atoms with E-state index in [1.54, 1.807) is 0 Å². The monoisotopic (exact) mass is 1110 g/mol. The van der Waals surface area contributed by atoms with Crippen LogP contribution >= 0.6 is 0 Å². The minimum Gasteiger partial charge on any atom is -0.373 e. The molecule has 0 N–H and O–H groups in total. The van der Waals surface area contributed by atoms with Crippen molar-refractivity contribution in [2.75, 3.05) is 0 Å². The van der Waals surface area contributed by atoms with Gasteiger partial charge in [-0.15, -0.1) is 102 Å². The van der Waals surface area contributed by atoms with E-state index in [2.05, 4.69) is 211 Å². The van der Waals surface area contributed by atoms with Crippen LogP contribution in [-0.4, -0.2) is 19.5 Å². The normalized spacial score (nSPS) is 11.0. The molecule has 12 rings (SSSR count). The molecule has 5 heteroatoms. The third-order valence-electron chi connectivity index (χ3n) is 13.4. The fraction of sp³-hybridized carbons (Fsp3) is 0.0147. The fourth-order valence-electron chi connectivity index (χ4n) is 9.74. The van der Waals surface area contributed by atoms with Crippen molar-refractivity contribution >= 4 is 0 Å². The smallest absolute Gasteiger partial charge is 0.373 e. The Bertz CT molecular complexity index is 3830. The quantitative estimate of drug-likeness (QED) is 0.121. The number of hydrogen-bond acceptors (Lipinski definition) is 3. The first-order valence-electron chi connectivity index (χ1n) is 24.1.